The van der Waals surface area contributed by atoms with Gasteiger partial charge in [0.1, 0.15) is 12.1 Å². The van der Waals surface area contributed by atoms with Crippen molar-refractivity contribution in [3.8, 4) is 0 Å². The third kappa shape index (κ3) is 7.12. The van der Waals surface area contributed by atoms with Gasteiger partial charge in [0.2, 0.25) is 5.91 Å². The van der Waals surface area contributed by atoms with E-state index in [0.29, 0.717) is 30.4 Å². The first-order chi connectivity index (χ1) is 18.2. The van der Waals surface area contributed by atoms with Crippen molar-refractivity contribution >= 4 is 64.5 Å². The molecule has 204 valence electrons. The molecular weight excluding hydrogens is 551 g/mol. The molecule has 1 heterocycles. The molecule has 1 aliphatic rings. The van der Waals surface area contributed by atoms with Crippen molar-refractivity contribution < 1.29 is 23.9 Å². The molecule has 0 radical (unpaired) electrons. The summed E-state index contributed by atoms with van der Waals surface area (Å²) in [5, 5.41) is 5.98. The van der Waals surface area contributed by atoms with Crippen LogP contribution in [0.1, 0.15) is 29.8 Å². The molecule has 2 N–H and O–H groups in total. The zero-order chi connectivity index (χ0) is 27.8. The van der Waals surface area contributed by atoms with Crippen LogP contribution in [0.4, 0.5) is 10.5 Å². The molecule has 3 rings (SSSR count). The topological polar surface area (TPSA) is 108 Å². The van der Waals surface area contributed by atoms with E-state index in [9.17, 15) is 19.2 Å². The highest BCUT2D eigenvalue weighted by molar-refractivity contribution is 7.99. The molecule has 1 unspecified atom stereocenters. The van der Waals surface area contributed by atoms with Crippen molar-refractivity contribution in [2.24, 2.45) is 0 Å². The van der Waals surface area contributed by atoms with Gasteiger partial charge in [-0.15, -0.1) is 11.8 Å². The van der Waals surface area contributed by atoms with Gasteiger partial charge in [-0.25, -0.2) is 9.59 Å². The number of anilines is 1. The zero-order valence-electron chi connectivity index (χ0n) is 21.3. The van der Waals surface area contributed by atoms with Gasteiger partial charge in [0, 0.05) is 31.0 Å². The summed E-state index contributed by atoms with van der Waals surface area (Å²) in [6.07, 6.45) is 0.160. The lowest BCUT2D eigenvalue weighted by Crippen LogP contribution is -2.55. The summed E-state index contributed by atoms with van der Waals surface area (Å²) in [6.45, 7) is 4.85. The van der Waals surface area contributed by atoms with Crippen LogP contribution < -0.4 is 10.6 Å². The normalized spacial score (nSPS) is 15.5. The number of nitrogens with one attached hydrogen (secondary N) is 2. The Kier molecular flexibility index (Phi) is 10.7. The number of hydrogen-bond donors (Lipinski definition) is 2. The number of amides is 4. The second kappa shape index (κ2) is 13.7. The molecule has 0 aromatic heterocycles. The van der Waals surface area contributed by atoms with Gasteiger partial charge in [-0.05, 0) is 43.7 Å². The molecule has 4 amide bonds. The summed E-state index contributed by atoms with van der Waals surface area (Å²) in [7, 11) is 1.25. The molecule has 9 nitrogen and oxygen atoms in total. The van der Waals surface area contributed by atoms with Gasteiger partial charge in [-0.3, -0.25) is 9.59 Å². The van der Waals surface area contributed by atoms with Crippen LogP contribution in [0, 0.1) is 0 Å². The molecule has 38 heavy (non-hydrogen) atoms. The summed E-state index contributed by atoms with van der Waals surface area (Å²) >= 11 is 13.7. The Morgan fingerprint density at radius 2 is 1.71 bits per heavy atom. The van der Waals surface area contributed by atoms with Gasteiger partial charge < -0.3 is 25.2 Å². The second-order valence-electron chi connectivity index (χ2n) is 8.48. The molecule has 2 aromatic carbocycles. The Morgan fingerprint density at radius 1 is 1.08 bits per heavy atom. The number of thioether (sulfide) groups is 1. The SMILES string of the molecule is CCN(CC)C(=O)N1CSCC1C(=O)N[C@@H](Cc1ccc(NC(=O)c2c(Cl)cccc2Cl)cc1)C(=O)OC. The molecule has 12 heteroatoms. The van der Waals surface area contributed by atoms with Crippen LogP contribution in [-0.2, 0) is 20.7 Å². The second-order valence-corrected chi connectivity index (χ2v) is 10.3. The summed E-state index contributed by atoms with van der Waals surface area (Å²) in [4.78, 5) is 54.3. The number of halogens is 2. The lowest BCUT2D eigenvalue weighted by atomic mass is 10.0. The predicted octanol–water partition coefficient (Wildman–Crippen LogP) is 4.28. The van der Waals surface area contributed by atoms with Gasteiger partial charge in [-0.1, -0.05) is 41.4 Å². The Bertz CT molecular complexity index is 1160. The van der Waals surface area contributed by atoms with Gasteiger partial charge in [0.05, 0.1) is 28.6 Å². The minimum absolute atomic E-state index is 0.160. The lowest BCUT2D eigenvalue weighted by Gasteiger charge is -2.30. The smallest absolute Gasteiger partial charge is 0.328 e. The number of nitrogens with zero attached hydrogens (tertiary/aromatic N) is 2. The molecule has 2 atom stereocenters. The van der Waals surface area contributed by atoms with E-state index in [1.807, 2.05) is 13.8 Å². The summed E-state index contributed by atoms with van der Waals surface area (Å²) < 4.78 is 4.91. The maximum Gasteiger partial charge on any atom is 0.328 e. The third-order valence-electron chi connectivity index (χ3n) is 6.11. The van der Waals surface area contributed by atoms with Crippen molar-refractivity contribution in [1.29, 1.82) is 0 Å². The number of hydrogen-bond acceptors (Lipinski definition) is 6. The van der Waals surface area contributed by atoms with Crippen molar-refractivity contribution in [3.63, 3.8) is 0 Å². The van der Waals surface area contributed by atoms with Crippen LogP contribution in [0.5, 0.6) is 0 Å². The van der Waals surface area contributed by atoms with Gasteiger partial charge in [0.25, 0.3) is 5.91 Å². The summed E-state index contributed by atoms with van der Waals surface area (Å²) in [5.74, 6) is -0.617. The standard InChI is InChI=1S/C26H30Cl2N4O5S/c1-4-31(5-2)26(36)32-15-38-14-21(32)23(33)30-20(25(35)37-3)13-16-9-11-17(12-10-16)29-24(34)22-18(27)7-6-8-19(22)28/h6-12,20-21H,4-5,13-15H2,1-3H3,(H,29,34)(H,30,33)/t20-,21?/m0/s1. The van der Waals surface area contributed by atoms with Crippen LogP contribution in [0.25, 0.3) is 0 Å². The van der Waals surface area contributed by atoms with E-state index in [4.69, 9.17) is 27.9 Å². The Hall–Kier alpha value is -2.95. The minimum atomic E-state index is -0.953. The molecule has 2 aromatic rings. The molecule has 0 aliphatic carbocycles. The fraction of sp³-hybridized carbons (Fsp3) is 0.385. The lowest BCUT2D eigenvalue weighted by molar-refractivity contribution is -0.145. The predicted molar refractivity (Wildman–Crippen MR) is 150 cm³/mol. The van der Waals surface area contributed by atoms with Crippen LogP contribution in [0.3, 0.4) is 0 Å². The largest absolute Gasteiger partial charge is 0.467 e. The highest BCUT2D eigenvalue weighted by atomic mass is 35.5. The number of benzene rings is 2. The number of carbonyl (C=O) groups is 4. The van der Waals surface area contributed by atoms with Crippen molar-refractivity contribution in [1.82, 2.24) is 15.1 Å². The Labute approximate surface area is 236 Å². The van der Waals surface area contributed by atoms with E-state index < -0.39 is 29.9 Å². The third-order valence-corrected chi connectivity index (χ3v) is 7.75. The number of urea groups is 1. The first kappa shape index (κ1) is 29.6. The molecular formula is C26H30Cl2N4O5S. The first-order valence-electron chi connectivity index (χ1n) is 12.1. The summed E-state index contributed by atoms with van der Waals surface area (Å²) in [6, 6.07) is 9.77. The van der Waals surface area contributed by atoms with Crippen LogP contribution in [0.2, 0.25) is 10.0 Å². The van der Waals surface area contributed by atoms with E-state index in [1.165, 1.54) is 23.8 Å². The van der Waals surface area contributed by atoms with Crippen molar-refractivity contribution in [2.45, 2.75) is 32.4 Å². The van der Waals surface area contributed by atoms with E-state index in [1.54, 1.807) is 47.4 Å². The van der Waals surface area contributed by atoms with E-state index in [0.717, 1.165) is 5.56 Å². The van der Waals surface area contributed by atoms with Crippen molar-refractivity contribution in [2.75, 3.05) is 37.1 Å². The van der Waals surface area contributed by atoms with Gasteiger partial charge in [0.15, 0.2) is 0 Å². The number of methoxy groups -OCH3 is 1. The number of ether oxygens (including phenoxy) is 1. The van der Waals surface area contributed by atoms with Crippen LogP contribution in [-0.4, -0.2) is 77.5 Å². The molecule has 0 spiro atoms. The molecule has 0 bridgehead atoms. The highest BCUT2D eigenvalue weighted by Crippen LogP contribution is 2.26. The monoisotopic (exact) mass is 580 g/mol. The average Bonchev–Trinajstić information content (AvgIpc) is 3.39. The van der Waals surface area contributed by atoms with E-state index in [-0.39, 0.29) is 28.1 Å². The quantitative estimate of drug-likeness (QED) is 0.428. The fourth-order valence-corrected chi connectivity index (χ4v) is 5.71. The first-order valence-corrected chi connectivity index (χ1v) is 14.0. The van der Waals surface area contributed by atoms with E-state index in [2.05, 4.69) is 10.6 Å². The minimum Gasteiger partial charge on any atom is -0.467 e. The Balaban J connectivity index is 1.67. The highest BCUT2D eigenvalue weighted by Gasteiger charge is 2.38. The number of esters is 1. The zero-order valence-corrected chi connectivity index (χ0v) is 23.7. The van der Waals surface area contributed by atoms with Crippen LogP contribution >= 0.6 is 35.0 Å². The van der Waals surface area contributed by atoms with E-state index >= 15 is 0 Å². The molecule has 1 saturated heterocycles. The average molecular weight is 582 g/mol. The maximum absolute atomic E-state index is 13.1. The molecule has 1 fully saturated rings. The molecule has 0 saturated carbocycles. The summed E-state index contributed by atoms with van der Waals surface area (Å²) in [5.41, 5.74) is 1.40. The van der Waals surface area contributed by atoms with Crippen LogP contribution in [0.15, 0.2) is 42.5 Å². The Morgan fingerprint density at radius 3 is 2.29 bits per heavy atom. The van der Waals surface area contributed by atoms with Gasteiger partial charge >= 0.3 is 12.0 Å². The van der Waals surface area contributed by atoms with Gasteiger partial charge in [-0.2, -0.15) is 0 Å². The number of rotatable bonds is 9. The maximum atomic E-state index is 13.1. The number of carbonyl (C=O) groups excluding carboxylic acids is 4. The fourth-order valence-electron chi connectivity index (χ4n) is 4.00. The molecule has 1 aliphatic heterocycles. The van der Waals surface area contributed by atoms with Crippen molar-refractivity contribution in [3.05, 3.63) is 63.6 Å².